The lowest BCUT2D eigenvalue weighted by Crippen LogP contribution is -2.35. The van der Waals surface area contributed by atoms with Gasteiger partial charge in [0.25, 0.3) is 11.8 Å². The smallest absolute Gasteiger partial charge is 0.259 e. The number of unbranched alkanes of at least 4 members (excludes halogenated alkanes) is 1. The van der Waals surface area contributed by atoms with Crippen molar-refractivity contribution in [1.82, 2.24) is 10.7 Å². The van der Waals surface area contributed by atoms with Gasteiger partial charge in [-0.15, -0.1) is 0 Å². The molecule has 0 bridgehead atoms. The van der Waals surface area contributed by atoms with E-state index in [-0.39, 0.29) is 17.5 Å². The number of carbonyl (C=O) groups is 2. The predicted molar refractivity (Wildman–Crippen MR) is 117 cm³/mol. The van der Waals surface area contributed by atoms with Crippen molar-refractivity contribution < 1.29 is 18.7 Å². The molecule has 0 saturated carbocycles. The fraction of sp³-hybridized carbons (Fsp3) is 0.217. The quantitative estimate of drug-likeness (QED) is 0.314. The minimum atomic E-state index is -0.533. The van der Waals surface area contributed by atoms with Crippen LogP contribution in [-0.4, -0.2) is 31.2 Å². The van der Waals surface area contributed by atoms with Gasteiger partial charge in [0.1, 0.15) is 17.6 Å². The van der Waals surface area contributed by atoms with Gasteiger partial charge >= 0.3 is 0 Å². The molecule has 3 aromatic rings. The van der Waals surface area contributed by atoms with E-state index < -0.39 is 11.8 Å². The maximum Gasteiger partial charge on any atom is 0.259 e. The summed E-state index contributed by atoms with van der Waals surface area (Å²) in [6.07, 6.45) is 4.49. The molecule has 160 valence electrons. The molecule has 1 heterocycles. The van der Waals surface area contributed by atoms with Crippen LogP contribution in [0, 0.1) is 0 Å². The molecule has 2 aromatic carbocycles. The van der Waals surface area contributed by atoms with Crippen molar-refractivity contribution in [2.24, 2.45) is 5.10 Å². The van der Waals surface area contributed by atoms with Crippen LogP contribution in [0.4, 0.5) is 0 Å². The Morgan fingerprint density at radius 3 is 2.68 bits per heavy atom. The van der Waals surface area contributed by atoms with Crippen molar-refractivity contribution >= 4 is 29.0 Å². The monoisotopic (exact) mass is 421 g/mol. The fourth-order valence-electron chi connectivity index (χ4n) is 2.69. The summed E-state index contributed by atoms with van der Waals surface area (Å²) in [5.41, 5.74) is 3.09. The van der Waals surface area contributed by atoms with Crippen molar-refractivity contribution in [2.75, 3.05) is 13.2 Å². The van der Waals surface area contributed by atoms with E-state index in [1.54, 1.807) is 48.5 Å². The second-order valence-corrected chi connectivity index (χ2v) is 6.72. The Balaban J connectivity index is 1.48. The predicted octanol–water partition coefficient (Wildman–Crippen LogP) is 2.85. The molecular weight excluding hydrogens is 398 g/mol. The van der Waals surface area contributed by atoms with Gasteiger partial charge in [0.05, 0.1) is 30.3 Å². The van der Waals surface area contributed by atoms with Gasteiger partial charge in [-0.25, -0.2) is 5.43 Å². The van der Waals surface area contributed by atoms with Crippen LogP contribution in [0.3, 0.4) is 0 Å². The SMILES string of the molecule is CCCCOc1ccc(C(=O)NCC(=O)N/N=C/c2coc3ccccc3c2=O)cc1. The van der Waals surface area contributed by atoms with Crippen LogP contribution in [-0.2, 0) is 4.79 Å². The number of hydrazone groups is 1. The van der Waals surface area contributed by atoms with Gasteiger partial charge < -0.3 is 14.5 Å². The van der Waals surface area contributed by atoms with Gasteiger partial charge in [-0.2, -0.15) is 5.10 Å². The summed E-state index contributed by atoms with van der Waals surface area (Å²) in [4.78, 5) is 36.4. The summed E-state index contributed by atoms with van der Waals surface area (Å²) in [6.45, 7) is 2.44. The first kappa shape index (κ1) is 21.8. The normalized spacial score (nSPS) is 10.9. The lowest BCUT2D eigenvalue weighted by atomic mass is 10.2. The first-order chi connectivity index (χ1) is 15.1. The van der Waals surface area contributed by atoms with E-state index >= 15 is 0 Å². The molecule has 0 aliphatic carbocycles. The van der Waals surface area contributed by atoms with Crippen LogP contribution in [0.2, 0.25) is 0 Å². The number of fused-ring (bicyclic) bond motifs is 1. The molecule has 0 radical (unpaired) electrons. The van der Waals surface area contributed by atoms with Crippen LogP contribution in [0.1, 0.15) is 35.7 Å². The first-order valence-corrected chi connectivity index (χ1v) is 9.92. The number of amides is 2. The Morgan fingerprint density at radius 1 is 1.13 bits per heavy atom. The minimum absolute atomic E-state index is 0.198. The highest BCUT2D eigenvalue weighted by Crippen LogP contribution is 2.13. The largest absolute Gasteiger partial charge is 0.494 e. The van der Waals surface area contributed by atoms with Gasteiger partial charge in [0.2, 0.25) is 5.43 Å². The van der Waals surface area contributed by atoms with Crippen molar-refractivity contribution in [3.8, 4) is 5.75 Å². The van der Waals surface area contributed by atoms with E-state index in [1.165, 1.54) is 12.5 Å². The Kier molecular flexibility index (Phi) is 7.53. The second-order valence-electron chi connectivity index (χ2n) is 6.72. The molecular formula is C23H23N3O5. The highest BCUT2D eigenvalue weighted by molar-refractivity contribution is 5.96. The first-order valence-electron chi connectivity index (χ1n) is 9.92. The maximum absolute atomic E-state index is 12.3. The van der Waals surface area contributed by atoms with Gasteiger partial charge in [0, 0.05) is 5.56 Å². The van der Waals surface area contributed by atoms with E-state index in [4.69, 9.17) is 9.15 Å². The van der Waals surface area contributed by atoms with Crippen molar-refractivity contribution in [1.29, 1.82) is 0 Å². The molecule has 0 saturated heterocycles. The molecule has 8 heteroatoms. The zero-order valence-corrected chi connectivity index (χ0v) is 17.1. The number of carbonyl (C=O) groups excluding carboxylic acids is 2. The summed E-state index contributed by atoms with van der Waals surface area (Å²) < 4.78 is 10.9. The van der Waals surface area contributed by atoms with Crippen LogP contribution < -0.4 is 20.9 Å². The molecule has 0 aliphatic heterocycles. The Labute approximate surface area is 178 Å². The highest BCUT2D eigenvalue weighted by Gasteiger charge is 2.08. The van der Waals surface area contributed by atoms with Crippen LogP contribution in [0.25, 0.3) is 11.0 Å². The maximum atomic E-state index is 12.3. The molecule has 0 fully saturated rings. The molecule has 0 spiro atoms. The van der Waals surface area contributed by atoms with Crippen molar-refractivity contribution in [3.63, 3.8) is 0 Å². The summed E-state index contributed by atoms with van der Waals surface area (Å²) in [6, 6.07) is 13.5. The zero-order chi connectivity index (χ0) is 22.1. The summed E-state index contributed by atoms with van der Waals surface area (Å²) in [5, 5.41) is 6.69. The third kappa shape index (κ3) is 6.02. The number of ether oxygens (including phenoxy) is 1. The molecule has 31 heavy (non-hydrogen) atoms. The number of nitrogens with one attached hydrogen (secondary N) is 2. The van der Waals surface area contributed by atoms with Gasteiger partial charge in [-0.05, 0) is 42.8 Å². The van der Waals surface area contributed by atoms with E-state index in [9.17, 15) is 14.4 Å². The van der Waals surface area contributed by atoms with Crippen LogP contribution in [0.15, 0.2) is 69.1 Å². The molecule has 2 N–H and O–H groups in total. The lowest BCUT2D eigenvalue weighted by molar-refractivity contribution is -0.120. The van der Waals surface area contributed by atoms with E-state index in [0.717, 1.165) is 12.8 Å². The molecule has 3 rings (SSSR count). The van der Waals surface area contributed by atoms with E-state index in [0.29, 0.717) is 28.9 Å². The van der Waals surface area contributed by atoms with Gasteiger partial charge in [-0.1, -0.05) is 25.5 Å². The van der Waals surface area contributed by atoms with Crippen LogP contribution >= 0.6 is 0 Å². The molecule has 0 unspecified atom stereocenters. The molecule has 8 nitrogen and oxygen atoms in total. The molecule has 1 aromatic heterocycles. The summed E-state index contributed by atoms with van der Waals surface area (Å²) >= 11 is 0. The van der Waals surface area contributed by atoms with E-state index in [2.05, 4.69) is 22.8 Å². The number of hydrogen-bond donors (Lipinski definition) is 2. The van der Waals surface area contributed by atoms with Crippen LogP contribution in [0.5, 0.6) is 5.75 Å². The molecule has 2 amide bonds. The van der Waals surface area contributed by atoms with Gasteiger partial charge in [-0.3, -0.25) is 14.4 Å². The minimum Gasteiger partial charge on any atom is -0.494 e. The number of rotatable bonds is 9. The molecule has 0 aliphatic rings. The average molecular weight is 421 g/mol. The third-order valence-corrected chi connectivity index (χ3v) is 4.39. The van der Waals surface area contributed by atoms with E-state index in [1.807, 2.05) is 0 Å². The second kappa shape index (κ2) is 10.7. The topological polar surface area (TPSA) is 110 Å². The van der Waals surface area contributed by atoms with Crippen molar-refractivity contribution in [2.45, 2.75) is 19.8 Å². The summed E-state index contributed by atoms with van der Waals surface area (Å²) in [7, 11) is 0. The Hall–Kier alpha value is -3.94. The highest BCUT2D eigenvalue weighted by atomic mass is 16.5. The Bertz CT molecular complexity index is 1140. The summed E-state index contributed by atoms with van der Waals surface area (Å²) in [5.74, 6) is -0.237. The lowest BCUT2D eigenvalue weighted by Gasteiger charge is -2.07. The number of para-hydroxylation sites is 1. The average Bonchev–Trinajstić information content (AvgIpc) is 2.80. The number of benzene rings is 2. The standard InChI is InChI=1S/C23H23N3O5/c1-2-3-12-30-18-10-8-16(9-11-18)23(29)24-14-21(27)26-25-13-17-15-31-20-7-5-4-6-19(20)22(17)28/h4-11,13,15H,2-3,12,14H2,1H3,(H,24,29)(H,26,27)/b25-13+. The van der Waals surface area contributed by atoms with Crippen molar-refractivity contribution in [3.05, 3.63) is 76.1 Å². The molecule has 0 atom stereocenters. The Morgan fingerprint density at radius 2 is 1.90 bits per heavy atom. The number of nitrogens with zero attached hydrogens (tertiary/aromatic N) is 1. The number of hydrogen-bond acceptors (Lipinski definition) is 6. The third-order valence-electron chi connectivity index (χ3n) is 4.39. The fourth-order valence-corrected chi connectivity index (χ4v) is 2.69. The van der Waals surface area contributed by atoms with Gasteiger partial charge in [0.15, 0.2) is 0 Å². The zero-order valence-electron chi connectivity index (χ0n) is 17.1.